The molecular weight excluding hydrogens is 297 g/mol. The Morgan fingerprint density at radius 1 is 1.33 bits per heavy atom. The predicted octanol–water partition coefficient (Wildman–Crippen LogP) is 3.85. The molecule has 0 unspecified atom stereocenters. The lowest BCUT2D eigenvalue weighted by Crippen LogP contribution is -2.41. The third-order valence-corrected chi connectivity index (χ3v) is 4.24. The number of rotatable bonds is 1. The van der Waals surface area contributed by atoms with E-state index in [4.69, 9.17) is 0 Å². The Bertz CT molecular complexity index is 443. The first-order chi connectivity index (χ1) is 8.41. The van der Waals surface area contributed by atoms with Crippen molar-refractivity contribution in [3.05, 3.63) is 34.1 Å². The predicted molar refractivity (Wildman–Crippen MR) is 73.0 cm³/mol. The molecule has 1 heterocycles. The highest BCUT2D eigenvalue weighted by Gasteiger charge is 2.30. The second-order valence-electron chi connectivity index (χ2n) is 5.55. The van der Waals surface area contributed by atoms with Crippen molar-refractivity contribution >= 4 is 21.8 Å². The first-order valence-electron chi connectivity index (χ1n) is 6.14. The highest BCUT2D eigenvalue weighted by molar-refractivity contribution is 9.10. The van der Waals surface area contributed by atoms with Crippen LogP contribution in [0, 0.1) is 11.2 Å². The van der Waals surface area contributed by atoms with Crippen LogP contribution >= 0.6 is 15.9 Å². The van der Waals surface area contributed by atoms with E-state index in [-0.39, 0.29) is 16.9 Å². The van der Waals surface area contributed by atoms with E-state index in [2.05, 4.69) is 29.8 Å². The molecular formula is C14H17BrFNO. The molecule has 1 amide bonds. The number of piperidine rings is 1. The minimum absolute atomic E-state index is 0.150. The number of nitrogens with zero attached hydrogens (tertiary/aromatic N) is 1. The zero-order valence-corrected chi connectivity index (χ0v) is 12.3. The fourth-order valence-electron chi connectivity index (χ4n) is 2.18. The van der Waals surface area contributed by atoms with Gasteiger partial charge in [0.25, 0.3) is 5.91 Å². The van der Waals surface area contributed by atoms with Gasteiger partial charge in [-0.15, -0.1) is 0 Å². The van der Waals surface area contributed by atoms with Gasteiger partial charge in [-0.2, -0.15) is 0 Å². The maximum Gasteiger partial charge on any atom is 0.257 e. The van der Waals surface area contributed by atoms with E-state index in [1.807, 2.05) is 0 Å². The summed E-state index contributed by atoms with van der Waals surface area (Å²) < 4.78 is 14.3. The first kappa shape index (κ1) is 13.5. The monoisotopic (exact) mass is 313 g/mol. The van der Waals surface area contributed by atoms with E-state index in [0.717, 1.165) is 12.8 Å². The topological polar surface area (TPSA) is 20.3 Å². The summed E-state index contributed by atoms with van der Waals surface area (Å²) in [6.07, 6.45) is 1.93. The SMILES string of the molecule is CC1(C)CCN(C(=O)c2c(F)cccc2Br)CC1. The summed E-state index contributed by atoms with van der Waals surface area (Å²) in [5.74, 6) is -0.672. The number of carbonyl (C=O) groups is 1. The van der Waals surface area contributed by atoms with E-state index < -0.39 is 5.82 Å². The van der Waals surface area contributed by atoms with E-state index >= 15 is 0 Å². The van der Waals surface area contributed by atoms with Crippen molar-refractivity contribution in [1.82, 2.24) is 4.90 Å². The number of halogens is 2. The molecule has 0 N–H and O–H groups in total. The minimum Gasteiger partial charge on any atom is -0.338 e. The summed E-state index contributed by atoms with van der Waals surface area (Å²) in [5.41, 5.74) is 0.431. The molecule has 1 saturated heterocycles. The van der Waals surface area contributed by atoms with Crippen molar-refractivity contribution in [2.75, 3.05) is 13.1 Å². The van der Waals surface area contributed by atoms with Gasteiger partial charge in [-0.1, -0.05) is 19.9 Å². The molecule has 1 fully saturated rings. The quantitative estimate of drug-likeness (QED) is 0.771. The van der Waals surface area contributed by atoms with Crippen molar-refractivity contribution in [3.63, 3.8) is 0 Å². The lowest BCUT2D eigenvalue weighted by molar-refractivity contribution is 0.0625. The van der Waals surface area contributed by atoms with Crippen LogP contribution in [-0.4, -0.2) is 23.9 Å². The summed E-state index contributed by atoms with van der Waals surface area (Å²) in [6, 6.07) is 4.62. The molecule has 0 aliphatic carbocycles. The first-order valence-corrected chi connectivity index (χ1v) is 6.93. The van der Waals surface area contributed by atoms with Crippen molar-refractivity contribution < 1.29 is 9.18 Å². The van der Waals surface area contributed by atoms with E-state index in [1.54, 1.807) is 17.0 Å². The van der Waals surface area contributed by atoms with Crippen LogP contribution in [0.1, 0.15) is 37.0 Å². The summed E-state index contributed by atoms with van der Waals surface area (Å²) >= 11 is 3.25. The van der Waals surface area contributed by atoms with Gasteiger partial charge in [0.05, 0.1) is 5.56 Å². The Morgan fingerprint density at radius 2 is 1.94 bits per heavy atom. The van der Waals surface area contributed by atoms with Crippen molar-refractivity contribution in [2.45, 2.75) is 26.7 Å². The van der Waals surface area contributed by atoms with E-state index in [9.17, 15) is 9.18 Å². The summed E-state index contributed by atoms with van der Waals surface area (Å²) in [4.78, 5) is 14.1. The Balaban J connectivity index is 2.18. The van der Waals surface area contributed by atoms with Crippen LogP contribution in [-0.2, 0) is 0 Å². The molecule has 2 rings (SSSR count). The zero-order chi connectivity index (χ0) is 13.3. The Labute approximate surface area is 115 Å². The lowest BCUT2D eigenvalue weighted by Gasteiger charge is -2.37. The average molecular weight is 314 g/mol. The molecule has 0 atom stereocenters. The molecule has 98 valence electrons. The standard InChI is InChI=1S/C14H17BrFNO/c1-14(2)6-8-17(9-7-14)13(18)12-10(15)4-3-5-11(12)16/h3-5H,6-9H2,1-2H3. The molecule has 0 spiro atoms. The highest BCUT2D eigenvalue weighted by Crippen LogP contribution is 2.31. The summed E-state index contributed by atoms with van der Waals surface area (Å²) in [7, 11) is 0. The molecule has 0 aromatic heterocycles. The fourth-order valence-corrected chi connectivity index (χ4v) is 2.69. The van der Waals surface area contributed by atoms with Crippen LogP contribution in [0.25, 0.3) is 0 Å². The molecule has 4 heteroatoms. The van der Waals surface area contributed by atoms with Crippen LogP contribution in [0.15, 0.2) is 22.7 Å². The molecule has 1 aliphatic heterocycles. The third-order valence-electron chi connectivity index (χ3n) is 3.58. The average Bonchev–Trinajstić information content (AvgIpc) is 2.28. The van der Waals surface area contributed by atoms with Gasteiger partial charge in [0.15, 0.2) is 0 Å². The van der Waals surface area contributed by atoms with Gasteiger partial charge in [0.1, 0.15) is 5.82 Å². The minimum atomic E-state index is -0.459. The maximum atomic E-state index is 13.7. The number of benzene rings is 1. The van der Waals surface area contributed by atoms with Crippen LogP contribution in [0.5, 0.6) is 0 Å². The normalized spacial score (nSPS) is 18.8. The number of hydrogen-bond acceptors (Lipinski definition) is 1. The van der Waals surface area contributed by atoms with Gasteiger partial charge in [0, 0.05) is 17.6 Å². The number of carbonyl (C=O) groups excluding carboxylic acids is 1. The number of hydrogen-bond donors (Lipinski definition) is 0. The molecule has 0 radical (unpaired) electrons. The van der Waals surface area contributed by atoms with Gasteiger partial charge >= 0.3 is 0 Å². The van der Waals surface area contributed by atoms with Crippen molar-refractivity contribution in [1.29, 1.82) is 0 Å². The lowest BCUT2D eigenvalue weighted by atomic mass is 9.82. The summed E-state index contributed by atoms with van der Waals surface area (Å²) in [5, 5.41) is 0. The van der Waals surface area contributed by atoms with Crippen LogP contribution < -0.4 is 0 Å². The van der Waals surface area contributed by atoms with E-state index in [1.165, 1.54) is 6.07 Å². The summed E-state index contributed by atoms with van der Waals surface area (Å²) in [6.45, 7) is 5.81. The largest absolute Gasteiger partial charge is 0.338 e. The Kier molecular flexibility index (Phi) is 3.76. The highest BCUT2D eigenvalue weighted by atomic mass is 79.9. The smallest absolute Gasteiger partial charge is 0.257 e. The van der Waals surface area contributed by atoms with Gasteiger partial charge < -0.3 is 4.90 Å². The molecule has 0 bridgehead atoms. The third kappa shape index (κ3) is 2.74. The van der Waals surface area contributed by atoms with Crippen molar-refractivity contribution in [2.24, 2.45) is 5.41 Å². The second-order valence-corrected chi connectivity index (χ2v) is 6.41. The van der Waals surface area contributed by atoms with Crippen LogP contribution in [0.3, 0.4) is 0 Å². The number of likely N-dealkylation sites (tertiary alicyclic amines) is 1. The maximum absolute atomic E-state index is 13.7. The van der Waals surface area contributed by atoms with Crippen molar-refractivity contribution in [3.8, 4) is 0 Å². The van der Waals surface area contributed by atoms with Gasteiger partial charge in [-0.05, 0) is 46.3 Å². The van der Waals surface area contributed by atoms with Crippen LogP contribution in [0.2, 0.25) is 0 Å². The molecule has 1 aromatic carbocycles. The van der Waals surface area contributed by atoms with Gasteiger partial charge in [-0.25, -0.2) is 4.39 Å². The Morgan fingerprint density at radius 3 is 2.50 bits per heavy atom. The zero-order valence-electron chi connectivity index (χ0n) is 10.7. The van der Waals surface area contributed by atoms with Gasteiger partial charge in [-0.3, -0.25) is 4.79 Å². The molecule has 1 aliphatic rings. The van der Waals surface area contributed by atoms with Gasteiger partial charge in [0.2, 0.25) is 0 Å². The second kappa shape index (κ2) is 5.00. The number of amides is 1. The van der Waals surface area contributed by atoms with E-state index in [0.29, 0.717) is 17.6 Å². The molecule has 1 aromatic rings. The molecule has 2 nitrogen and oxygen atoms in total. The van der Waals surface area contributed by atoms with Crippen LogP contribution in [0.4, 0.5) is 4.39 Å². The molecule has 0 saturated carbocycles. The Hall–Kier alpha value is -0.900. The molecule has 18 heavy (non-hydrogen) atoms. The fraction of sp³-hybridized carbons (Fsp3) is 0.500.